The van der Waals surface area contributed by atoms with Crippen molar-refractivity contribution in [1.29, 1.82) is 0 Å². The van der Waals surface area contributed by atoms with E-state index >= 15 is 0 Å². The zero-order valence-electron chi connectivity index (χ0n) is 11.2. The van der Waals surface area contributed by atoms with E-state index in [-0.39, 0.29) is 0 Å². The first-order chi connectivity index (χ1) is 9.20. The minimum Gasteiger partial charge on any atom is -0.381 e. The van der Waals surface area contributed by atoms with E-state index in [4.69, 9.17) is 4.74 Å². The maximum Gasteiger partial charge on any atom is 0.0744 e. The Hall–Kier alpha value is -1.32. The van der Waals surface area contributed by atoms with Crippen LogP contribution in [-0.2, 0) is 17.9 Å². The normalized spacial score (nSPS) is 10.5. The number of benzene rings is 2. The van der Waals surface area contributed by atoms with Gasteiger partial charge in [-0.1, -0.05) is 51.8 Å². The van der Waals surface area contributed by atoms with Crippen molar-refractivity contribution in [2.75, 3.05) is 12.4 Å². The van der Waals surface area contributed by atoms with Crippen LogP contribution in [0.4, 0.5) is 5.69 Å². The van der Waals surface area contributed by atoms with Gasteiger partial charge in [-0.3, -0.25) is 0 Å². The second-order valence-corrected chi connectivity index (χ2v) is 5.39. The molecule has 0 aliphatic carbocycles. The molecule has 0 spiro atoms. The third-order valence-electron chi connectivity index (χ3n) is 3.01. The molecule has 2 aromatic carbocycles. The molecule has 0 amide bonds. The maximum absolute atomic E-state index is 5.25. The number of anilines is 1. The Morgan fingerprint density at radius 1 is 1.11 bits per heavy atom. The second-order valence-electron chi connectivity index (χ2n) is 4.54. The van der Waals surface area contributed by atoms with Gasteiger partial charge < -0.3 is 10.1 Å². The molecule has 0 radical (unpaired) electrons. The smallest absolute Gasteiger partial charge is 0.0744 e. The SMILES string of the molecule is COCc1c(Br)cccc1NCc1ccc(C)cc1. The van der Waals surface area contributed by atoms with Gasteiger partial charge in [-0.15, -0.1) is 0 Å². The lowest BCUT2D eigenvalue weighted by Crippen LogP contribution is -2.03. The van der Waals surface area contributed by atoms with Gasteiger partial charge in [-0.05, 0) is 24.6 Å². The molecule has 0 saturated carbocycles. The Labute approximate surface area is 122 Å². The van der Waals surface area contributed by atoms with Gasteiger partial charge in [0, 0.05) is 29.4 Å². The van der Waals surface area contributed by atoms with Crippen LogP contribution in [-0.4, -0.2) is 7.11 Å². The van der Waals surface area contributed by atoms with Crippen molar-refractivity contribution in [3.63, 3.8) is 0 Å². The summed E-state index contributed by atoms with van der Waals surface area (Å²) in [5.41, 5.74) is 4.81. The standard InChI is InChI=1S/C16H18BrNO/c1-12-6-8-13(9-7-12)10-18-16-5-3-4-15(17)14(16)11-19-2/h3-9,18H,10-11H2,1-2H3. The fourth-order valence-electron chi connectivity index (χ4n) is 1.92. The highest BCUT2D eigenvalue weighted by Gasteiger charge is 2.06. The van der Waals surface area contributed by atoms with E-state index in [1.54, 1.807) is 7.11 Å². The molecule has 0 unspecified atom stereocenters. The molecule has 100 valence electrons. The molecule has 0 heterocycles. The summed E-state index contributed by atoms with van der Waals surface area (Å²) in [6.45, 7) is 3.51. The van der Waals surface area contributed by atoms with Gasteiger partial charge in [-0.2, -0.15) is 0 Å². The van der Waals surface area contributed by atoms with Gasteiger partial charge in [0.15, 0.2) is 0 Å². The number of methoxy groups -OCH3 is 1. The summed E-state index contributed by atoms with van der Waals surface area (Å²) in [6.07, 6.45) is 0. The average Bonchev–Trinajstić information content (AvgIpc) is 2.41. The van der Waals surface area contributed by atoms with E-state index in [1.165, 1.54) is 11.1 Å². The summed E-state index contributed by atoms with van der Waals surface area (Å²) in [7, 11) is 1.71. The molecule has 0 aromatic heterocycles. The largest absolute Gasteiger partial charge is 0.381 e. The Morgan fingerprint density at radius 2 is 1.84 bits per heavy atom. The van der Waals surface area contributed by atoms with Crippen LogP contribution >= 0.6 is 15.9 Å². The monoisotopic (exact) mass is 319 g/mol. The Kier molecular flexibility index (Phi) is 5.00. The van der Waals surface area contributed by atoms with Gasteiger partial charge in [-0.25, -0.2) is 0 Å². The molecule has 2 aromatic rings. The van der Waals surface area contributed by atoms with Gasteiger partial charge in [0.2, 0.25) is 0 Å². The molecular formula is C16H18BrNO. The van der Waals surface area contributed by atoms with Gasteiger partial charge >= 0.3 is 0 Å². The molecule has 0 fully saturated rings. The van der Waals surface area contributed by atoms with E-state index in [0.717, 1.165) is 22.3 Å². The number of hydrogen-bond acceptors (Lipinski definition) is 2. The van der Waals surface area contributed by atoms with E-state index < -0.39 is 0 Å². The lowest BCUT2D eigenvalue weighted by Gasteiger charge is -2.13. The molecule has 0 aliphatic rings. The molecular weight excluding hydrogens is 302 g/mol. The van der Waals surface area contributed by atoms with Crippen LogP contribution in [0.2, 0.25) is 0 Å². The Bertz CT molecular complexity index is 537. The predicted octanol–water partition coefficient (Wildman–Crippen LogP) is 4.52. The van der Waals surface area contributed by atoms with Crippen LogP contribution in [0.5, 0.6) is 0 Å². The van der Waals surface area contributed by atoms with Crippen molar-refractivity contribution < 1.29 is 4.74 Å². The third kappa shape index (κ3) is 3.82. The summed E-state index contributed by atoms with van der Waals surface area (Å²) in [6, 6.07) is 14.7. The Morgan fingerprint density at radius 3 is 2.53 bits per heavy atom. The molecule has 0 atom stereocenters. The zero-order valence-corrected chi connectivity index (χ0v) is 12.8. The molecule has 3 heteroatoms. The van der Waals surface area contributed by atoms with Crippen LogP contribution in [0.1, 0.15) is 16.7 Å². The minimum atomic E-state index is 0.595. The van der Waals surface area contributed by atoms with Gasteiger partial charge in [0.1, 0.15) is 0 Å². The summed E-state index contributed by atoms with van der Waals surface area (Å²) < 4.78 is 6.32. The predicted molar refractivity (Wildman–Crippen MR) is 83.4 cm³/mol. The van der Waals surface area contributed by atoms with E-state index in [2.05, 4.69) is 58.5 Å². The van der Waals surface area contributed by atoms with E-state index in [0.29, 0.717) is 6.61 Å². The third-order valence-corrected chi connectivity index (χ3v) is 3.75. The number of nitrogens with one attached hydrogen (secondary N) is 1. The number of ether oxygens (including phenoxy) is 1. The fourth-order valence-corrected chi connectivity index (χ4v) is 2.40. The van der Waals surface area contributed by atoms with Gasteiger partial charge in [0.25, 0.3) is 0 Å². The van der Waals surface area contributed by atoms with Crippen molar-refractivity contribution in [2.24, 2.45) is 0 Å². The highest BCUT2D eigenvalue weighted by molar-refractivity contribution is 9.10. The highest BCUT2D eigenvalue weighted by atomic mass is 79.9. The lowest BCUT2D eigenvalue weighted by molar-refractivity contribution is 0.185. The quantitative estimate of drug-likeness (QED) is 0.875. The Balaban J connectivity index is 2.10. The topological polar surface area (TPSA) is 21.3 Å². The van der Waals surface area contributed by atoms with Crippen molar-refractivity contribution >= 4 is 21.6 Å². The first kappa shape index (κ1) is 14.1. The van der Waals surface area contributed by atoms with Crippen LogP contribution < -0.4 is 5.32 Å². The van der Waals surface area contributed by atoms with Crippen molar-refractivity contribution in [3.05, 3.63) is 63.6 Å². The van der Waals surface area contributed by atoms with Crippen LogP contribution in [0.25, 0.3) is 0 Å². The molecule has 0 saturated heterocycles. The first-order valence-electron chi connectivity index (χ1n) is 6.26. The van der Waals surface area contributed by atoms with E-state index in [9.17, 15) is 0 Å². The average molecular weight is 320 g/mol. The van der Waals surface area contributed by atoms with Crippen molar-refractivity contribution in [3.8, 4) is 0 Å². The highest BCUT2D eigenvalue weighted by Crippen LogP contribution is 2.26. The zero-order chi connectivity index (χ0) is 13.7. The van der Waals surface area contributed by atoms with Crippen LogP contribution in [0, 0.1) is 6.92 Å². The van der Waals surface area contributed by atoms with E-state index in [1.807, 2.05) is 12.1 Å². The van der Waals surface area contributed by atoms with Crippen LogP contribution in [0.3, 0.4) is 0 Å². The number of aryl methyl sites for hydroxylation is 1. The molecule has 2 rings (SSSR count). The summed E-state index contributed by atoms with van der Waals surface area (Å²) in [4.78, 5) is 0. The first-order valence-corrected chi connectivity index (χ1v) is 7.05. The fraction of sp³-hybridized carbons (Fsp3) is 0.250. The number of rotatable bonds is 5. The van der Waals surface area contributed by atoms with Crippen molar-refractivity contribution in [2.45, 2.75) is 20.1 Å². The summed E-state index contributed by atoms with van der Waals surface area (Å²) >= 11 is 3.56. The number of halogens is 1. The molecule has 1 N–H and O–H groups in total. The minimum absolute atomic E-state index is 0.595. The second kappa shape index (κ2) is 6.73. The molecule has 19 heavy (non-hydrogen) atoms. The molecule has 2 nitrogen and oxygen atoms in total. The van der Waals surface area contributed by atoms with Gasteiger partial charge in [0.05, 0.1) is 6.61 Å². The lowest BCUT2D eigenvalue weighted by atomic mass is 10.1. The summed E-state index contributed by atoms with van der Waals surface area (Å²) in [5.74, 6) is 0. The van der Waals surface area contributed by atoms with Crippen LogP contribution in [0.15, 0.2) is 46.9 Å². The maximum atomic E-state index is 5.25. The van der Waals surface area contributed by atoms with Crippen molar-refractivity contribution in [1.82, 2.24) is 0 Å². The summed E-state index contributed by atoms with van der Waals surface area (Å²) in [5, 5.41) is 3.46. The number of hydrogen-bond donors (Lipinski definition) is 1. The molecule has 0 bridgehead atoms. The molecule has 0 aliphatic heterocycles.